The number of ether oxygens (including phenoxy) is 2. The third kappa shape index (κ3) is 4.26. The van der Waals surface area contributed by atoms with Crippen LogP contribution in [0.15, 0.2) is 48.7 Å². The topological polar surface area (TPSA) is 89.6 Å². The number of methoxy groups -OCH3 is 1. The van der Waals surface area contributed by atoms with Gasteiger partial charge in [-0.05, 0) is 17.2 Å². The van der Waals surface area contributed by atoms with E-state index in [9.17, 15) is 9.59 Å². The molecule has 2 N–H and O–H groups in total. The standard InChI is InChI=1S/C18H19N3O4/c1-24-16-9-13(7-8-19-16)17-14(10-15(22)21-17)20-18(23)25-11-12-5-3-2-4-6-12/h2-9,14,17H,10-11H2,1H3,(H,20,23)(H,21,22)/t14?,17-/m1/s1. The zero-order valence-corrected chi connectivity index (χ0v) is 13.8. The van der Waals surface area contributed by atoms with Crippen molar-refractivity contribution in [2.75, 3.05) is 7.11 Å². The van der Waals surface area contributed by atoms with Crippen LogP contribution in [0.3, 0.4) is 0 Å². The minimum atomic E-state index is -0.559. The molecule has 130 valence electrons. The summed E-state index contributed by atoms with van der Waals surface area (Å²) in [5.74, 6) is 0.318. The number of rotatable bonds is 5. The molecule has 1 aromatic carbocycles. The number of carbonyl (C=O) groups excluding carboxylic acids is 2. The zero-order valence-electron chi connectivity index (χ0n) is 13.8. The molecule has 1 aromatic heterocycles. The van der Waals surface area contributed by atoms with Crippen molar-refractivity contribution in [2.24, 2.45) is 0 Å². The molecule has 1 saturated heterocycles. The van der Waals surface area contributed by atoms with Gasteiger partial charge in [0.1, 0.15) is 6.61 Å². The van der Waals surface area contributed by atoms with Gasteiger partial charge in [0.2, 0.25) is 11.8 Å². The fraction of sp³-hybridized carbons (Fsp3) is 0.278. The van der Waals surface area contributed by atoms with Gasteiger partial charge in [-0.3, -0.25) is 4.79 Å². The van der Waals surface area contributed by atoms with E-state index in [1.165, 1.54) is 7.11 Å². The summed E-state index contributed by atoms with van der Waals surface area (Å²) in [6, 6.07) is 12.2. The van der Waals surface area contributed by atoms with Crippen LogP contribution in [0.25, 0.3) is 0 Å². The van der Waals surface area contributed by atoms with Gasteiger partial charge in [0, 0.05) is 18.7 Å². The van der Waals surface area contributed by atoms with Crippen LogP contribution in [0.4, 0.5) is 4.79 Å². The fourth-order valence-corrected chi connectivity index (χ4v) is 2.75. The molecule has 0 radical (unpaired) electrons. The lowest BCUT2D eigenvalue weighted by Crippen LogP contribution is -2.38. The molecule has 2 amide bonds. The van der Waals surface area contributed by atoms with Crippen molar-refractivity contribution < 1.29 is 19.1 Å². The first-order valence-corrected chi connectivity index (χ1v) is 7.92. The van der Waals surface area contributed by atoms with Gasteiger partial charge in [-0.2, -0.15) is 0 Å². The first-order valence-electron chi connectivity index (χ1n) is 7.92. The number of benzene rings is 1. The van der Waals surface area contributed by atoms with Gasteiger partial charge in [0.15, 0.2) is 0 Å². The van der Waals surface area contributed by atoms with Gasteiger partial charge in [-0.1, -0.05) is 30.3 Å². The number of carbonyl (C=O) groups is 2. The Morgan fingerprint density at radius 3 is 2.88 bits per heavy atom. The van der Waals surface area contributed by atoms with E-state index in [1.807, 2.05) is 30.3 Å². The third-order valence-electron chi connectivity index (χ3n) is 3.97. The number of aromatic nitrogens is 1. The average Bonchev–Trinajstić information content (AvgIpc) is 3.01. The van der Waals surface area contributed by atoms with E-state index >= 15 is 0 Å². The van der Waals surface area contributed by atoms with Gasteiger partial charge in [-0.15, -0.1) is 0 Å². The summed E-state index contributed by atoms with van der Waals surface area (Å²) in [5.41, 5.74) is 1.71. The molecule has 0 spiro atoms. The summed E-state index contributed by atoms with van der Waals surface area (Å²) in [4.78, 5) is 27.9. The van der Waals surface area contributed by atoms with Crippen molar-refractivity contribution in [3.8, 4) is 5.88 Å². The zero-order chi connectivity index (χ0) is 17.6. The Kier molecular flexibility index (Phi) is 5.13. The number of hydrogen-bond acceptors (Lipinski definition) is 5. The summed E-state index contributed by atoms with van der Waals surface area (Å²) in [5, 5.41) is 5.62. The Hall–Kier alpha value is -3.09. The second kappa shape index (κ2) is 7.65. The molecule has 25 heavy (non-hydrogen) atoms. The van der Waals surface area contributed by atoms with Gasteiger partial charge >= 0.3 is 6.09 Å². The van der Waals surface area contributed by atoms with Crippen LogP contribution in [-0.4, -0.2) is 30.1 Å². The molecular formula is C18H19N3O4. The van der Waals surface area contributed by atoms with Crippen LogP contribution in [0.1, 0.15) is 23.6 Å². The summed E-state index contributed by atoms with van der Waals surface area (Å²) >= 11 is 0. The van der Waals surface area contributed by atoms with Crippen LogP contribution >= 0.6 is 0 Å². The molecule has 7 heteroatoms. The lowest BCUT2D eigenvalue weighted by atomic mass is 10.0. The molecule has 0 bridgehead atoms. The Balaban J connectivity index is 1.63. The number of alkyl carbamates (subject to hydrolysis) is 1. The third-order valence-corrected chi connectivity index (χ3v) is 3.97. The number of nitrogens with one attached hydrogen (secondary N) is 2. The monoisotopic (exact) mass is 341 g/mol. The second-order valence-electron chi connectivity index (χ2n) is 5.69. The van der Waals surface area contributed by atoms with E-state index in [0.717, 1.165) is 11.1 Å². The van der Waals surface area contributed by atoms with Gasteiger partial charge in [0.25, 0.3) is 0 Å². The normalized spacial score (nSPS) is 19.2. The van der Waals surface area contributed by atoms with Crippen molar-refractivity contribution in [1.82, 2.24) is 15.6 Å². The van der Waals surface area contributed by atoms with E-state index in [-0.39, 0.29) is 25.0 Å². The van der Waals surface area contributed by atoms with Crippen LogP contribution in [-0.2, 0) is 16.1 Å². The molecule has 2 heterocycles. The first kappa shape index (κ1) is 16.8. The number of pyridine rings is 1. The van der Waals surface area contributed by atoms with E-state index in [2.05, 4.69) is 15.6 Å². The van der Waals surface area contributed by atoms with Crippen molar-refractivity contribution >= 4 is 12.0 Å². The molecule has 1 aliphatic heterocycles. The fourth-order valence-electron chi connectivity index (χ4n) is 2.75. The number of hydrogen-bond donors (Lipinski definition) is 2. The second-order valence-corrected chi connectivity index (χ2v) is 5.69. The summed E-state index contributed by atoms with van der Waals surface area (Å²) in [7, 11) is 1.52. The highest BCUT2D eigenvalue weighted by Gasteiger charge is 2.35. The molecule has 7 nitrogen and oxygen atoms in total. The molecular weight excluding hydrogens is 322 g/mol. The molecule has 0 saturated carbocycles. The highest BCUT2D eigenvalue weighted by molar-refractivity contribution is 5.81. The molecule has 2 atom stereocenters. The lowest BCUT2D eigenvalue weighted by molar-refractivity contribution is -0.119. The smallest absolute Gasteiger partial charge is 0.407 e. The maximum atomic E-state index is 12.1. The highest BCUT2D eigenvalue weighted by Crippen LogP contribution is 2.26. The molecule has 3 rings (SSSR count). The Morgan fingerprint density at radius 1 is 1.32 bits per heavy atom. The summed E-state index contributed by atoms with van der Waals surface area (Å²) < 4.78 is 10.3. The molecule has 1 unspecified atom stereocenters. The van der Waals surface area contributed by atoms with Gasteiger partial charge < -0.3 is 20.1 Å². The number of amides is 2. The molecule has 1 aliphatic rings. The van der Waals surface area contributed by atoms with E-state index in [0.29, 0.717) is 5.88 Å². The number of nitrogens with zero attached hydrogens (tertiary/aromatic N) is 1. The predicted octanol–water partition coefficient (Wildman–Crippen LogP) is 1.95. The quantitative estimate of drug-likeness (QED) is 0.867. The SMILES string of the molecule is COc1cc([C@H]2NC(=O)CC2NC(=O)OCc2ccccc2)ccn1. The van der Waals surface area contributed by atoms with Crippen molar-refractivity contribution in [1.29, 1.82) is 0 Å². The average molecular weight is 341 g/mol. The highest BCUT2D eigenvalue weighted by atomic mass is 16.5. The largest absolute Gasteiger partial charge is 0.481 e. The van der Waals surface area contributed by atoms with Crippen molar-refractivity contribution in [2.45, 2.75) is 25.1 Å². The van der Waals surface area contributed by atoms with Gasteiger partial charge in [-0.25, -0.2) is 9.78 Å². The van der Waals surface area contributed by atoms with Crippen LogP contribution in [0, 0.1) is 0 Å². The minimum Gasteiger partial charge on any atom is -0.481 e. The Bertz CT molecular complexity index is 751. The predicted molar refractivity (Wildman–Crippen MR) is 89.8 cm³/mol. The molecule has 1 fully saturated rings. The summed E-state index contributed by atoms with van der Waals surface area (Å²) in [6.07, 6.45) is 1.23. The Labute approximate surface area is 145 Å². The van der Waals surface area contributed by atoms with Crippen molar-refractivity contribution in [3.63, 3.8) is 0 Å². The van der Waals surface area contributed by atoms with Gasteiger partial charge in [0.05, 0.1) is 19.2 Å². The van der Waals surface area contributed by atoms with E-state index in [1.54, 1.807) is 18.3 Å². The Morgan fingerprint density at radius 2 is 2.12 bits per heavy atom. The van der Waals surface area contributed by atoms with E-state index in [4.69, 9.17) is 9.47 Å². The first-order chi connectivity index (χ1) is 12.2. The maximum Gasteiger partial charge on any atom is 0.407 e. The van der Waals surface area contributed by atoms with Crippen LogP contribution in [0.5, 0.6) is 5.88 Å². The molecule has 0 aliphatic carbocycles. The molecule has 2 aromatic rings. The van der Waals surface area contributed by atoms with E-state index < -0.39 is 12.1 Å². The maximum absolute atomic E-state index is 12.1. The lowest BCUT2D eigenvalue weighted by Gasteiger charge is -2.20. The minimum absolute atomic E-state index is 0.130. The van der Waals surface area contributed by atoms with Crippen molar-refractivity contribution in [3.05, 3.63) is 59.8 Å². The summed E-state index contributed by atoms with van der Waals surface area (Å²) in [6.45, 7) is 0.175. The van der Waals surface area contributed by atoms with Crippen LogP contribution in [0.2, 0.25) is 0 Å². The van der Waals surface area contributed by atoms with Crippen LogP contribution < -0.4 is 15.4 Å².